The average molecular weight is 414 g/mol. The molecule has 1 N–H and O–H groups in total. The van der Waals surface area contributed by atoms with Gasteiger partial charge in [0.2, 0.25) is 5.91 Å². The zero-order valence-electron chi connectivity index (χ0n) is 19.4. The molecule has 0 saturated heterocycles. The van der Waals surface area contributed by atoms with E-state index in [-0.39, 0.29) is 11.9 Å². The van der Waals surface area contributed by atoms with Crippen LogP contribution < -0.4 is 5.32 Å². The fraction of sp³-hybridized carbons (Fsp3) is 0.917. The van der Waals surface area contributed by atoms with E-state index in [9.17, 15) is 9.59 Å². The summed E-state index contributed by atoms with van der Waals surface area (Å²) in [6.45, 7) is 5.06. The number of hydrogen-bond donors (Lipinski definition) is 1. The summed E-state index contributed by atoms with van der Waals surface area (Å²) in [5.74, 6) is -0.162. The molecule has 1 amide bonds. The second kappa shape index (κ2) is 21.6. The Morgan fingerprint density at radius 1 is 0.724 bits per heavy atom. The van der Waals surface area contributed by atoms with E-state index in [4.69, 9.17) is 9.47 Å². The Hall–Kier alpha value is -1.10. The van der Waals surface area contributed by atoms with Crippen molar-refractivity contribution in [1.29, 1.82) is 0 Å². The van der Waals surface area contributed by atoms with Crippen molar-refractivity contribution in [3.8, 4) is 0 Å². The number of unbranched alkanes of at least 4 members (excludes halogenated alkanes) is 12. The van der Waals surface area contributed by atoms with Gasteiger partial charge in [0.15, 0.2) is 0 Å². The molecule has 0 saturated carbocycles. The summed E-state index contributed by atoms with van der Waals surface area (Å²) < 4.78 is 10.6. The van der Waals surface area contributed by atoms with Crippen LogP contribution in [0.15, 0.2) is 0 Å². The van der Waals surface area contributed by atoms with Crippen molar-refractivity contribution in [3.63, 3.8) is 0 Å². The maximum Gasteiger partial charge on any atom is 0.306 e. The molecule has 0 unspecified atom stereocenters. The Balaban J connectivity index is 3.80. The standard InChI is InChI=1S/C24H47NO4/c1-4-6-8-10-12-14-16-18-23(26)25-20-22(21-28-3)29-24(27)19-17-15-13-11-9-7-5-2/h22H,4-21H2,1-3H3,(H,25,26)/t22-/m1/s1. The van der Waals surface area contributed by atoms with Crippen LogP contribution in [0, 0.1) is 0 Å². The van der Waals surface area contributed by atoms with Crippen LogP contribution >= 0.6 is 0 Å². The summed E-state index contributed by atoms with van der Waals surface area (Å²) in [5, 5.41) is 2.88. The lowest BCUT2D eigenvalue weighted by Gasteiger charge is -2.18. The molecule has 0 aromatic carbocycles. The Bertz CT molecular complexity index is 387. The quantitative estimate of drug-likeness (QED) is 0.187. The summed E-state index contributed by atoms with van der Waals surface area (Å²) in [4.78, 5) is 24.0. The van der Waals surface area contributed by atoms with Crippen LogP contribution in [0.1, 0.15) is 117 Å². The predicted octanol–water partition coefficient (Wildman–Crippen LogP) is 5.94. The van der Waals surface area contributed by atoms with Crippen molar-refractivity contribution in [3.05, 3.63) is 0 Å². The van der Waals surface area contributed by atoms with E-state index >= 15 is 0 Å². The van der Waals surface area contributed by atoms with E-state index in [0.717, 1.165) is 25.7 Å². The number of carbonyl (C=O) groups is 2. The van der Waals surface area contributed by atoms with Gasteiger partial charge < -0.3 is 14.8 Å². The number of carbonyl (C=O) groups excluding carboxylic acids is 2. The van der Waals surface area contributed by atoms with Crippen LogP contribution in [0.4, 0.5) is 0 Å². The molecule has 0 aliphatic heterocycles. The minimum absolute atomic E-state index is 0.0304. The van der Waals surface area contributed by atoms with E-state index in [0.29, 0.717) is 26.0 Å². The van der Waals surface area contributed by atoms with Gasteiger partial charge in [0.1, 0.15) is 6.10 Å². The van der Waals surface area contributed by atoms with Crippen molar-refractivity contribution < 1.29 is 19.1 Å². The fourth-order valence-corrected chi connectivity index (χ4v) is 3.35. The SMILES string of the molecule is CCCCCCCCCC(=O)NC[C@H](COC)OC(=O)CCCCCCCCC. The Labute approximate surface area is 179 Å². The first kappa shape index (κ1) is 27.9. The van der Waals surface area contributed by atoms with Crippen molar-refractivity contribution >= 4 is 11.9 Å². The number of methoxy groups -OCH3 is 1. The van der Waals surface area contributed by atoms with Gasteiger partial charge in [-0.05, 0) is 12.8 Å². The normalized spacial score (nSPS) is 12.0. The summed E-state index contributed by atoms with van der Waals surface area (Å²) in [6, 6.07) is 0. The number of ether oxygens (including phenoxy) is 2. The minimum atomic E-state index is -0.407. The van der Waals surface area contributed by atoms with Crippen molar-refractivity contribution in [2.75, 3.05) is 20.3 Å². The third-order valence-corrected chi connectivity index (χ3v) is 5.17. The van der Waals surface area contributed by atoms with E-state index in [1.807, 2.05) is 0 Å². The zero-order chi connectivity index (χ0) is 21.6. The van der Waals surface area contributed by atoms with Gasteiger partial charge in [0.25, 0.3) is 0 Å². The van der Waals surface area contributed by atoms with Gasteiger partial charge in [0.05, 0.1) is 13.2 Å². The van der Waals surface area contributed by atoms with E-state index in [1.165, 1.54) is 64.2 Å². The lowest BCUT2D eigenvalue weighted by atomic mass is 10.1. The molecule has 0 aliphatic rings. The molecule has 29 heavy (non-hydrogen) atoms. The molecule has 0 fully saturated rings. The van der Waals surface area contributed by atoms with E-state index in [1.54, 1.807) is 7.11 Å². The first-order chi connectivity index (χ1) is 14.1. The van der Waals surface area contributed by atoms with Crippen LogP contribution in [0.25, 0.3) is 0 Å². The summed E-state index contributed by atoms with van der Waals surface area (Å²) in [7, 11) is 1.58. The highest BCUT2D eigenvalue weighted by Gasteiger charge is 2.15. The van der Waals surface area contributed by atoms with E-state index in [2.05, 4.69) is 19.2 Å². The highest BCUT2D eigenvalue weighted by Crippen LogP contribution is 2.10. The van der Waals surface area contributed by atoms with Crippen molar-refractivity contribution in [2.24, 2.45) is 0 Å². The third kappa shape index (κ3) is 20.0. The molecule has 5 heteroatoms. The predicted molar refractivity (Wildman–Crippen MR) is 120 cm³/mol. The molecule has 1 atom stereocenters. The average Bonchev–Trinajstić information content (AvgIpc) is 2.71. The lowest BCUT2D eigenvalue weighted by Crippen LogP contribution is -2.37. The number of nitrogens with one attached hydrogen (secondary N) is 1. The van der Waals surface area contributed by atoms with Crippen molar-refractivity contribution in [1.82, 2.24) is 5.32 Å². The van der Waals surface area contributed by atoms with E-state index < -0.39 is 6.10 Å². The molecular formula is C24H47NO4. The molecule has 0 spiro atoms. The molecular weight excluding hydrogens is 366 g/mol. The maximum absolute atomic E-state index is 12.0. The number of amides is 1. The third-order valence-electron chi connectivity index (χ3n) is 5.17. The number of rotatable bonds is 21. The Morgan fingerprint density at radius 3 is 1.72 bits per heavy atom. The molecule has 0 aliphatic carbocycles. The Kier molecular flexibility index (Phi) is 20.8. The summed E-state index contributed by atoms with van der Waals surface area (Å²) >= 11 is 0. The van der Waals surface area contributed by atoms with Crippen LogP contribution in [0.5, 0.6) is 0 Å². The first-order valence-electron chi connectivity index (χ1n) is 12.1. The smallest absolute Gasteiger partial charge is 0.306 e. The minimum Gasteiger partial charge on any atom is -0.458 e. The highest BCUT2D eigenvalue weighted by molar-refractivity contribution is 5.76. The molecule has 0 bridgehead atoms. The zero-order valence-corrected chi connectivity index (χ0v) is 19.4. The van der Waals surface area contributed by atoms with Gasteiger partial charge in [-0.1, -0.05) is 90.9 Å². The van der Waals surface area contributed by atoms with Gasteiger partial charge in [0, 0.05) is 20.0 Å². The molecule has 0 heterocycles. The van der Waals surface area contributed by atoms with Crippen LogP contribution in [0.2, 0.25) is 0 Å². The van der Waals surface area contributed by atoms with Gasteiger partial charge in [-0.3, -0.25) is 9.59 Å². The summed E-state index contributed by atoms with van der Waals surface area (Å²) in [5.41, 5.74) is 0. The molecule has 172 valence electrons. The van der Waals surface area contributed by atoms with Gasteiger partial charge in [-0.15, -0.1) is 0 Å². The Morgan fingerprint density at radius 2 is 1.21 bits per heavy atom. The van der Waals surface area contributed by atoms with Crippen LogP contribution in [0.3, 0.4) is 0 Å². The van der Waals surface area contributed by atoms with Crippen molar-refractivity contribution in [2.45, 2.75) is 123 Å². The van der Waals surface area contributed by atoms with Crippen LogP contribution in [-0.2, 0) is 19.1 Å². The fourth-order valence-electron chi connectivity index (χ4n) is 3.35. The number of hydrogen-bond acceptors (Lipinski definition) is 4. The lowest BCUT2D eigenvalue weighted by molar-refractivity contribution is -0.152. The van der Waals surface area contributed by atoms with Gasteiger partial charge in [-0.25, -0.2) is 0 Å². The molecule has 0 radical (unpaired) electrons. The second-order valence-corrected chi connectivity index (χ2v) is 8.11. The maximum atomic E-state index is 12.0. The molecule has 5 nitrogen and oxygen atoms in total. The van der Waals surface area contributed by atoms with Gasteiger partial charge >= 0.3 is 5.97 Å². The monoisotopic (exact) mass is 413 g/mol. The summed E-state index contributed by atoms with van der Waals surface area (Å²) in [6.07, 6.45) is 17.1. The molecule has 0 rings (SSSR count). The topological polar surface area (TPSA) is 64.6 Å². The van der Waals surface area contributed by atoms with Crippen LogP contribution in [-0.4, -0.2) is 38.2 Å². The van der Waals surface area contributed by atoms with Gasteiger partial charge in [-0.2, -0.15) is 0 Å². The molecule has 0 aromatic rings. The second-order valence-electron chi connectivity index (χ2n) is 8.11. The highest BCUT2D eigenvalue weighted by atomic mass is 16.6. The largest absolute Gasteiger partial charge is 0.458 e. The first-order valence-corrected chi connectivity index (χ1v) is 12.1. The number of esters is 1. The molecule has 0 aromatic heterocycles.